The van der Waals surface area contributed by atoms with Crippen LogP contribution in [0.5, 0.6) is 0 Å². The number of amides is 1. The maximum absolute atomic E-state index is 13.0. The van der Waals surface area contributed by atoms with Crippen molar-refractivity contribution in [3.63, 3.8) is 0 Å². The summed E-state index contributed by atoms with van der Waals surface area (Å²) in [5.41, 5.74) is 2.39. The van der Waals surface area contributed by atoms with Crippen LogP contribution in [0.1, 0.15) is 69.0 Å². The summed E-state index contributed by atoms with van der Waals surface area (Å²) in [6, 6.07) is 10.4. The first-order chi connectivity index (χ1) is 18.4. The number of carbonyl (C=O) groups excluding carboxylic acids is 1. The second-order valence-corrected chi connectivity index (χ2v) is 12.0. The van der Waals surface area contributed by atoms with Crippen LogP contribution in [0.3, 0.4) is 0 Å². The van der Waals surface area contributed by atoms with Crippen molar-refractivity contribution < 1.29 is 23.1 Å². The molecule has 2 aromatic rings. The highest BCUT2D eigenvalue weighted by atomic mass is 32.2. The van der Waals surface area contributed by atoms with Gasteiger partial charge in [-0.3, -0.25) is 4.79 Å². The third-order valence-electron chi connectivity index (χ3n) is 7.35. The molecule has 1 unspecified atom stereocenters. The van der Waals surface area contributed by atoms with Gasteiger partial charge in [0.1, 0.15) is 17.9 Å². The summed E-state index contributed by atoms with van der Waals surface area (Å²) in [7, 11) is -3.83. The first-order valence-corrected chi connectivity index (χ1v) is 15.1. The van der Waals surface area contributed by atoms with E-state index in [9.17, 15) is 23.1 Å². The second-order valence-electron chi connectivity index (χ2n) is 10.1. The fourth-order valence-corrected chi connectivity index (χ4v) is 6.91. The number of hydrogen-bond donors (Lipinski definition) is 3. The van der Waals surface area contributed by atoms with Crippen LogP contribution in [0.15, 0.2) is 47.4 Å². The Morgan fingerprint density at radius 3 is 2.61 bits per heavy atom. The van der Waals surface area contributed by atoms with Gasteiger partial charge in [0.2, 0.25) is 15.9 Å². The summed E-state index contributed by atoms with van der Waals surface area (Å²) in [6.45, 7) is 1.22. The summed E-state index contributed by atoms with van der Waals surface area (Å²) < 4.78 is 27.3. The number of aliphatic carboxylic acids is 1. The molecule has 1 saturated heterocycles. The lowest BCUT2D eigenvalue weighted by Crippen LogP contribution is -2.50. The fourth-order valence-electron chi connectivity index (χ4n) is 5.24. The van der Waals surface area contributed by atoms with Gasteiger partial charge in [-0.15, -0.1) is 0 Å². The molecule has 0 aliphatic carbocycles. The van der Waals surface area contributed by atoms with Crippen molar-refractivity contribution >= 4 is 27.7 Å². The number of carbonyl (C=O) groups is 2. The predicted octanol–water partition coefficient (Wildman–Crippen LogP) is 3.75. The number of hydrogen-bond acceptors (Lipinski definition) is 6. The first kappa shape index (κ1) is 28.0. The van der Waals surface area contributed by atoms with Gasteiger partial charge in [-0.1, -0.05) is 49.9 Å². The number of nitrogens with one attached hydrogen (secondary N) is 2. The molecule has 2 atom stereocenters. The molecule has 10 heteroatoms. The van der Waals surface area contributed by atoms with Crippen LogP contribution in [-0.4, -0.2) is 59.9 Å². The Hall–Kier alpha value is -2.98. The Morgan fingerprint density at radius 1 is 1.05 bits per heavy atom. The van der Waals surface area contributed by atoms with Crippen molar-refractivity contribution in [2.75, 3.05) is 18.4 Å². The van der Waals surface area contributed by atoms with Crippen LogP contribution in [0.4, 0.5) is 5.82 Å². The number of aryl methyl sites for hydroxylation is 2. The Bertz CT molecular complexity index is 1200. The molecule has 0 saturated carbocycles. The Balaban J connectivity index is 1.19. The van der Waals surface area contributed by atoms with Gasteiger partial charge in [0.25, 0.3) is 0 Å². The Kier molecular flexibility index (Phi) is 9.74. The molecule has 3 heterocycles. The van der Waals surface area contributed by atoms with Gasteiger partial charge in [-0.2, -0.15) is 4.31 Å². The minimum atomic E-state index is -3.83. The van der Waals surface area contributed by atoms with Crippen LogP contribution >= 0.6 is 0 Å². The number of aromatic nitrogens is 1. The summed E-state index contributed by atoms with van der Waals surface area (Å²) in [5.74, 6) is -0.615. The highest BCUT2D eigenvalue weighted by molar-refractivity contribution is 7.89. The quantitative estimate of drug-likeness (QED) is 0.329. The maximum Gasteiger partial charge on any atom is 0.326 e. The van der Waals surface area contributed by atoms with E-state index in [0.29, 0.717) is 25.7 Å². The molecule has 0 spiro atoms. The SMILES string of the molecule is O=C(O)C(CCCCCCCc1ccc2c(n1)NCCC2)NC(=O)[C@@H]1CCCN1S(=O)(=O)c1ccccc1. The van der Waals surface area contributed by atoms with E-state index in [1.807, 2.05) is 0 Å². The maximum atomic E-state index is 13.0. The van der Waals surface area contributed by atoms with Gasteiger partial charge in [0.05, 0.1) is 4.90 Å². The van der Waals surface area contributed by atoms with Crippen molar-refractivity contribution in [2.45, 2.75) is 87.6 Å². The number of pyridine rings is 1. The highest BCUT2D eigenvalue weighted by Gasteiger charge is 2.40. The third kappa shape index (κ3) is 7.11. The molecule has 2 aliphatic heterocycles. The number of fused-ring (bicyclic) bond motifs is 1. The van der Waals surface area contributed by atoms with E-state index < -0.39 is 34.0 Å². The lowest BCUT2D eigenvalue weighted by atomic mass is 10.0. The van der Waals surface area contributed by atoms with Crippen LogP contribution in [-0.2, 0) is 32.5 Å². The number of benzene rings is 1. The molecule has 38 heavy (non-hydrogen) atoms. The molecule has 1 aromatic carbocycles. The van der Waals surface area contributed by atoms with Crippen molar-refractivity contribution in [2.24, 2.45) is 0 Å². The molecule has 3 N–H and O–H groups in total. The fraction of sp³-hybridized carbons (Fsp3) is 0.536. The van der Waals surface area contributed by atoms with Crippen LogP contribution in [0.25, 0.3) is 0 Å². The average Bonchev–Trinajstić information content (AvgIpc) is 3.43. The molecule has 9 nitrogen and oxygen atoms in total. The zero-order valence-electron chi connectivity index (χ0n) is 21.8. The summed E-state index contributed by atoms with van der Waals surface area (Å²) >= 11 is 0. The largest absolute Gasteiger partial charge is 0.480 e. The van der Waals surface area contributed by atoms with E-state index in [4.69, 9.17) is 4.98 Å². The van der Waals surface area contributed by atoms with Gasteiger partial charge in [-0.25, -0.2) is 18.2 Å². The molecule has 0 radical (unpaired) electrons. The molecule has 1 amide bonds. The standard InChI is InChI=1S/C28H38N4O5S/c33-27(25-16-10-20-32(25)38(36,37)23-13-6-4-7-14-23)31-24(28(34)35)15-8-3-1-2-5-12-22-18-17-21-11-9-19-29-26(21)30-22/h4,6-7,13-14,17-18,24-25H,1-3,5,8-12,15-16,19-20H2,(H,29,30)(H,31,33)(H,34,35)/t24?,25-/m0/s1. The average molecular weight is 543 g/mol. The number of carboxylic acid groups (broad SMARTS) is 1. The lowest BCUT2D eigenvalue weighted by molar-refractivity contribution is -0.142. The summed E-state index contributed by atoms with van der Waals surface area (Å²) in [6.07, 6.45) is 8.99. The van der Waals surface area contributed by atoms with Crippen LogP contribution in [0.2, 0.25) is 0 Å². The van der Waals surface area contributed by atoms with Crippen molar-refractivity contribution in [3.05, 3.63) is 53.7 Å². The van der Waals surface area contributed by atoms with Gasteiger partial charge < -0.3 is 15.7 Å². The number of carboxylic acids is 1. The number of nitrogens with zero attached hydrogens (tertiary/aromatic N) is 2. The number of unbranched alkanes of at least 4 members (excludes halogenated alkanes) is 4. The van der Waals surface area contributed by atoms with Gasteiger partial charge in [0.15, 0.2) is 0 Å². The summed E-state index contributed by atoms with van der Waals surface area (Å²) in [4.78, 5) is 29.6. The molecule has 1 fully saturated rings. The van der Waals surface area contributed by atoms with E-state index in [1.165, 1.54) is 22.0 Å². The van der Waals surface area contributed by atoms with Crippen LogP contribution < -0.4 is 10.6 Å². The lowest BCUT2D eigenvalue weighted by Gasteiger charge is -2.25. The first-order valence-electron chi connectivity index (χ1n) is 13.7. The van der Waals surface area contributed by atoms with Crippen molar-refractivity contribution in [1.29, 1.82) is 0 Å². The molecule has 0 bridgehead atoms. The zero-order chi connectivity index (χ0) is 27.0. The highest BCUT2D eigenvalue weighted by Crippen LogP contribution is 2.26. The monoisotopic (exact) mass is 542 g/mol. The third-order valence-corrected chi connectivity index (χ3v) is 9.27. The van der Waals surface area contributed by atoms with Crippen molar-refractivity contribution in [3.8, 4) is 0 Å². The molecule has 4 rings (SSSR count). The number of sulfonamides is 1. The van der Waals surface area contributed by atoms with Crippen molar-refractivity contribution in [1.82, 2.24) is 14.6 Å². The zero-order valence-corrected chi connectivity index (χ0v) is 22.6. The minimum absolute atomic E-state index is 0.133. The Labute approximate surface area is 225 Å². The van der Waals surface area contributed by atoms with E-state index in [2.05, 4.69) is 22.8 Å². The molecule has 2 aliphatic rings. The minimum Gasteiger partial charge on any atom is -0.480 e. The number of anilines is 1. The molecular formula is C28H38N4O5S. The Morgan fingerprint density at radius 2 is 1.82 bits per heavy atom. The molecular weight excluding hydrogens is 504 g/mol. The topological polar surface area (TPSA) is 129 Å². The van der Waals surface area contributed by atoms with E-state index in [-0.39, 0.29) is 11.4 Å². The smallest absolute Gasteiger partial charge is 0.326 e. The predicted molar refractivity (Wildman–Crippen MR) is 145 cm³/mol. The number of rotatable bonds is 13. The van der Waals surface area contributed by atoms with Gasteiger partial charge in [-0.05, 0) is 68.7 Å². The molecule has 206 valence electrons. The van der Waals surface area contributed by atoms with Crippen LogP contribution in [0, 0.1) is 0 Å². The van der Waals surface area contributed by atoms with E-state index in [0.717, 1.165) is 63.0 Å². The summed E-state index contributed by atoms with van der Waals surface area (Å²) in [5, 5.41) is 15.6. The van der Waals surface area contributed by atoms with Gasteiger partial charge >= 0.3 is 5.97 Å². The molecule has 1 aromatic heterocycles. The van der Waals surface area contributed by atoms with E-state index >= 15 is 0 Å². The second kappa shape index (κ2) is 13.2. The van der Waals surface area contributed by atoms with Gasteiger partial charge in [0, 0.05) is 18.8 Å². The van der Waals surface area contributed by atoms with E-state index in [1.54, 1.807) is 18.2 Å². The normalized spacial score (nSPS) is 18.4.